The summed E-state index contributed by atoms with van der Waals surface area (Å²) in [6, 6.07) is 62.8. The molecule has 0 aromatic heterocycles. The number of benzene rings is 10. The van der Waals surface area contributed by atoms with Gasteiger partial charge in [0.2, 0.25) is 0 Å². The van der Waals surface area contributed by atoms with Gasteiger partial charge in [0.1, 0.15) is 0 Å². The Morgan fingerprint density at radius 1 is 0.217 bits per heavy atom. The van der Waals surface area contributed by atoms with Gasteiger partial charge in [-0.05, 0) is 104 Å². The lowest BCUT2D eigenvalue weighted by atomic mass is 9.85. The van der Waals surface area contributed by atoms with Crippen LogP contribution in [-0.2, 0) is 0 Å². The van der Waals surface area contributed by atoms with Gasteiger partial charge in [-0.25, -0.2) is 0 Å². The summed E-state index contributed by atoms with van der Waals surface area (Å²) in [6.45, 7) is 0. The molecule has 10 rings (SSSR count). The number of fused-ring (bicyclic) bond motifs is 4. The molecule has 0 unspecified atom stereocenters. The van der Waals surface area contributed by atoms with E-state index in [1.54, 1.807) is 0 Å². The first kappa shape index (κ1) is 25.4. The van der Waals surface area contributed by atoms with E-state index in [1.807, 2.05) is 0 Å². The average Bonchev–Trinajstić information content (AvgIpc) is 3.13. The second-order valence-corrected chi connectivity index (χ2v) is 12.4. The molecule has 0 saturated carbocycles. The summed E-state index contributed by atoms with van der Waals surface area (Å²) >= 11 is 0. The third kappa shape index (κ3) is 3.68. The molecule has 0 aliphatic heterocycles. The predicted octanol–water partition coefficient (Wildman–Crippen LogP) is 13.0. The van der Waals surface area contributed by atoms with E-state index >= 15 is 0 Å². The highest BCUT2D eigenvalue weighted by molar-refractivity contribution is 6.28. The van der Waals surface area contributed by atoms with Crippen molar-refractivity contribution in [1.29, 1.82) is 0 Å². The Balaban J connectivity index is 1.18. The molecule has 0 aliphatic rings. The highest BCUT2D eigenvalue weighted by Gasteiger charge is 2.17. The van der Waals surface area contributed by atoms with Crippen LogP contribution in [0.5, 0.6) is 0 Å². The van der Waals surface area contributed by atoms with Crippen LogP contribution in [0, 0.1) is 0 Å². The van der Waals surface area contributed by atoms with E-state index < -0.39 is 0 Å². The fourth-order valence-electron chi connectivity index (χ4n) is 7.87. The standard InChI is InChI=1S/C46H28/c1-3-11-35-29(8-1)10-7-15-36(35)30-16-18-31(19-17-30)38-24-22-32-20-21-33-23-25-41(43-27-26-42(38)45(32)46(33)43)44-28-34-9-2-4-12-37(34)39-13-5-6-14-40(39)44/h1-28H. The van der Waals surface area contributed by atoms with Crippen molar-refractivity contribution in [3.8, 4) is 33.4 Å². The molecule has 10 aromatic carbocycles. The molecule has 0 saturated heterocycles. The lowest BCUT2D eigenvalue weighted by molar-refractivity contribution is 1.63. The van der Waals surface area contributed by atoms with Gasteiger partial charge in [-0.15, -0.1) is 0 Å². The topological polar surface area (TPSA) is 0 Å². The minimum absolute atomic E-state index is 1.24. The van der Waals surface area contributed by atoms with Crippen molar-refractivity contribution in [2.75, 3.05) is 0 Å². The second kappa shape index (κ2) is 9.76. The van der Waals surface area contributed by atoms with Crippen molar-refractivity contribution in [3.63, 3.8) is 0 Å². The van der Waals surface area contributed by atoms with Crippen molar-refractivity contribution in [2.24, 2.45) is 0 Å². The Morgan fingerprint density at radius 2 is 0.717 bits per heavy atom. The van der Waals surface area contributed by atoms with Crippen LogP contribution in [-0.4, -0.2) is 0 Å². The Kier molecular flexibility index (Phi) is 5.38. The zero-order valence-corrected chi connectivity index (χ0v) is 25.2. The molecule has 0 radical (unpaired) electrons. The van der Waals surface area contributed by atoms with Crippen LogP contribution in [0.3, 0.4) is 0 Å². The van der Waals surface area contributed by atoms with E-state index in [0.29, 0.717) is 0 Å². The first-order chi connectivity index (χ1) is 22.8. The maximum atomic E-state index is 2.38. The average molecular weight is 581 g/mol. The Labute approximate surface area is 267 Å². The molecule has 0 fully saturated rings. The molecule has 0 aliphatic carbocycles. The first-order valence-corrected chi connectivity index (χ1v) is 16.0. The van der Waals surface area contributed by atoms with Crippen molar-refractivity contribution in [2.45, 2.75) is 0 Å². The van der Waals surface area contributed by atoms with Crippen molar-refractivity contribution in [3.05, 3.63) is 170 Å². The van der Waals surface area contributed by atoms with Gasteiger partial charge in [-0.1, -0.05) is 164 Å². The Morgan fingerprint density at radius 3 is 1.43 bits per heavy atom. The van der Waals surface area contributed by atoms with Crippen LogP contribution in [0.1, 0.15) is 0 Å². The van der Waals surface area contributed by atoms with Crippen molar-refractivity contribution >= 4 is 64.6 Å². The zero-order valence-electron chi connectivity index (χ0n) is 25.2. The maximum Gasteiger partial charge on any atom is -0.00203 e. The van der Waals surface area contributed by atoms with Crippen LogP contribution in [0.25, 0.3) is 98.0 Å². The minimum atomic E-state index is 1.24. The van der Waals surface area contributed by atoms with Gasteiger partial charge in [0.25, 0.3) is 0 Å². The minimum Gasteiger partial charge on any atom is -0.0616 e. The summed E-state index contributed by atoms with van der Waals surface area (Å²) < 4.78 is 0. The fourth-order valence-corrected chi connectivity index (χ4v) is 7.87. The van der Waals surface area contributed by atoms with E-state index in [2.05, 4.69) is 170 Å². The van der Waals surface area contributed by atoms with Crippen LogP contribution < -0.4 is 0 Å². The lowest BCUT2D eigenvalue weighted by Crippen LogP contribution is -1.91. The van der Waals surface area contributed by atoms with E-state index in [1.165, 1.54) is 98.0 Å². The number of hydrogen-bond donors (Lipinski definition) is 0. The SMILES string of the molecule is c1ccc2c(-c3ccc(-c4ccc5ccc6ccc(-c7cc8ccccc8c8ccccc78)c7ccc4c5c67)cc3)cccc2c1. The summed E-state index contributed by atoms with van der Waals surface area (Å²) in [5.74, 6) is 0. The van der Waals surface area contributed by atoms with Gasteiger partial charge in [0, 0.05) is 0 Å². The Hall–Kier alpha value is -5.98. The molecule has 0 amide bonds. The normalized spacial score (nSPS) is 11.9. The van der Waals surface area contributed by atoms with Gasteiger partial charge in [0.05, 0.1) is 0 Å². The van der Waals surface area contributed by atoms with Crippen molar-refractivity contribution < 1.29 is 0 Å². The van der Waals surface area contributed by atoms with Gasteiger partial charge in [-0.3, -0.25) is 0 Å². The van der Waals surface area contributed by atoms with Gasteiger partial charge in [0.15, 0.2) is 0 Å². The smallest absolute Gasteiger partial charge is 0.00203 e. The second-order valence-electron chi connectivity index (χ2n) is 12.4. The molecule has 0 N–H and O–H groups in total. The summed E-state index contributed by atoms with van der Waals surface area (Å²) in [5, 5.41) is 15.6. The third-order valence-electron chi connectivity index (χ3n) is 10.0. The summed E-state index contributed by atoms with van der Waals surface area (Å²) in [5.41, 5.74) is 7.60. The zero-order chi connectivity index (χ0) is 30.2. The monoisotopic (exact) mass is 580 g/mol. The largest absolute Gasteiger partial charge is 0.0616 e. The summed E-state index contributed by atoms with van der Waals surface area (Å²) in [6.07, 6.45) is 0. The highest BCUT2D eigenvalue weighted by atomic mass is 14.2. The van der Waals surface area contributed by atoms with Gasteiger partial charge in [-0.2, -0.15) is 0 Å². The van der Waals surface area contributed by atoms with E-state index in [9.17, 15) is 0 Å². The fraction of sp³-hybridized carbons (Fsp3) is 0. The molecule has 46 heavy (non-hydrogen) atoms. The van der Waals surface area contributed by atoms with Gasteiger partial charge >= 0.3 is 0 Å². The predicted molar refractivity (Wildman–Crippen MR) is 199 cm³/mol. The summed E-state index contributed by atoms with van der Waals surface area (Å²) in [7, 11) is 0. The molecular formula is C46H28. The molecule has 0 nitrogen and oxygen atoms in total. The third-order valence-corrected chi connectivity index (χ3v) is 10.0. The number of rotatable bonds is 3. The first-order valence-electron chi connectivity index (χ1n) is 16.0. The quantitative estimate of drug-likeness (QED) is 0.182. The molecule has 0 spiro atoms. The molecule has 0 atom stereocenters. The number of hydrogen-bond acceptors (Lipinski definition) is 0. The van der Waals surface area contributed by atoms with Crippen LogP contribution >= 0.6 is 0 Å². The maximum absolute atomic E-state index is 2.38. The van der Waals surface area contributed by atoms with Gasteiger partial charge < -0.3 is 0 Å². The molecule has 212 valence electrons. The summed E-state index contributed by atoms with van der Waals surface area (Å²) in [4.78, 5) is 0. The molecule has 0 heteroatoms. The molecule has 10 aromatic rings. The van der Waals surface area contributed by atoms with Crippen LogP contribution in [0.4, 0.5) is 0 Å². The highest BCUT2D eigenvalue weighted by Crippen LogP contribution is 2.44. The van der Waals surface area contributed by atoms with E-state index in [0.717, 1.165) is 0 Å². The van der Waals surface area contributed by atoms with Crippen LogP contribution in [0.15, 0.2) is 170 Å². The Bertz CT molecular complexity index is 2780. The molecule has 0 heterocycles. The van der Waals surface area contributed by atoms with Crippen LogP contribution in [0.2, 0.25) is 0 Å². The van der Waals surface area contributed by atoms with E-state index in [4.69, 9.17) is 0 Å². The molecular weight excluding hydrogens is 553 g/mol. The molecule has 0 bridgehead atoms. The van der Waals surface area contributed by atoms with E-state index in [-0.39, 0.29) is 0 Å². The van der Waals surface area contributed by atoms with Crippen molar-refractivity contribution in [1.82, 2.24) is 0 Å². The lowest BCUT2D eigenvalue weighted by Gasteiger charge is -2.18.